The van der Waals surface area contributed by atoms with Gasteiger partial charge in [-0.05, 0) is 12.1 Å². The molecule has 1 unspecified atom stereocenters. The third-order valence-electron chi connectivity index (χ3n) is 3.11. The van der Waals surface area contributed by atoms with Crippen molar-refractivity contribution < 1.29 is 14.7 Å². The van der Waals surface area contributed by atoms with Crippen molar-refractivity contribution in [2.45, 2.75) is 6.42 Å². The maximum absolute atomic E-state index is 11.8. The van der Waals surface area contributed by atoms with E-state index in [0.717, 1.165) is 0 Å². The van der Waals surface area contributed by atoms with E-state index < -0.39 is 11.9 Å². The fourth-order valence-corrected chi connectivity index (χ4v) is 2.15. The number of anilines is 1. The van der Waals surface area contributed by atoms with E-state index in [1.165, 1.54) is 4.90 Å². The lowest BCUT2D eigenvalue weighted by Gasteiger charge is -2.14. The van der Waals surface area contributed by atoms with Gasteiger partial charge in [-0.25, -0.2) is 9.78 Å². The highest BCUT2D eigenvalue weighted by molar-refractivity contribution is 5.99. The maximum Gasteiger partial charge on any atom is 0.325 e. The van der Waals surface area contributed by atoms with Crippen LogP contribution in [0.1, 0.15) is 6.42 Å². The summed E-state index contributed by atoms with van der Waals surface area (Å²) in [6.07, 6.45) is -0.0291. The number of pyridine rings is 1. The van der Waals surface area contributed by atoms with Gasteiger partial charge in [0.25, 0.3) is 0 Å². The van der Waals surface area contributed by atoms with E-state index in [-0.39, 0.29) is 24.6 Å². The maximum atomic E-state index is 11.8. The van der Waals surface area contributed by atoms with Crippen LogP contribution in [0.15, 0.2) is 16.9 Å². The first-order chi connectivity index (χ1) is 9.04. The molecular formula is C11H10N4O4. The van der Waals surface area contributed by atoms with Gasteiger partial charge in [-0.2, -0.15) is 0 Å². The molecule has 3 heterocycles. The zero-order valence-electron chi connectivity index (χ0n) is 9.71. The summed E-state index contributed by atoms with van der Waals surface area (Å²) in [5.41, 5.74) is 0.500. The number of H-pyrrole nitrogens is 2. The molecule has 98 valence electrons. The third-order valence-corrected chi connectivity index (χ3v) is 3.11. The molecule has 0 saturated carbocycles. The van der Waals surface area contributed by atoms with E-state index >= 15 is 0 Å². The first-order valence-electron chi connectivity index (χ1n) is 5.67. The molecule has 3 rings (SSSR count). The van der Waals surface area contributed by atoms with Crippen molar-refractivity contribution in [3.05, 3.63) is 22.6 Å². The molecule has 0 aliphatic carbocycles. The smallest absolute Gasteiger partial charge is 0.325 e. The molecule has 1 amide bonds. The molecule has 0 radical (unpaired) electrons. The fourth-order valence-electron chi connectivity index (χ4n) is 2.15. The van der Waals surface area contributed by atoms with Gasteiger partial charge in [-0.15, -0.1) is 0 Å². The zero-order valence-corrected chi connectivity index (χ0v) is 9.71. The SMILES string of the molecule is O=C(O)C1CC(=O)N(c2ccc3[nH]c(=O)[nH]c3n2)C1. The number of hydrogen-bond acceptors (Lipinski definition) is 4. The average Bonchev–Trinajstić information content (AvgIpc) is 2.90. The van der Waals surface area contributed by atoms with Crippen molar-refractivity contribution >= 4 is 28.9 Å². The Morgan fingerprint density at radius 2 is 2.16 bits per heavy atom. The predicted molar refractivity (Wildman–Crippen MR) is 64.8 cm³/mol. The van der Waals surface area contributed by atoms with Crippen LogP contribution < -0.4 is 10.6 Å². The van der Waals surface area contributed by atoms with Gasteiger partial charge in [0.2, 0.25) is 5.91 Å². The molecule has 1 atom stereocenters. The molecule has 1 aliphatic heterocycles. The summed E-state index contributed by atoms with van der Waals surface area (Å²) in [6, 6.07) is 3.20. The van der Waals surface area contributed by atoms with Crippen molar-refractivity contribution in [2.24, 2.45) is 5.92 Å². The highest BCUT2D eigenvalue weighted by atomic mass is 16.4. The van der Waals surface area contributed by atoms with Crippen LogP contribution in [-0.2, 0) is 9.59 Å². The van der Waals surface area contributed by atoms with E-state index in [4.69, 9.17) is 5.11 Å². The minimum Gasteiger partial charge on any atom is -0.481 e. The molecule has 19 heavy (non-hydrogen) atoms. The molecular weight excluding hydrogens is 252 g/mol. The predicted octanol–water partition coefficient (Wildman–Crippen LogP) is -0.311. The van der Waals surface area contributed by atoms with Gasteiger partial charge in [0, 0.05) is 13.0 Å². The fraction of sp³-hybridized carbons (Fsp3) is 0.273. The van der Waals surface area contributed by atoms with Crippen LogP contribution in [0.4, 0.5) is 5.82 Å². The Bertz CT molecular complexity index is 732. The molecule has 8 nitrogen and oxygen atoms in total. The molecule has 8 heteroatoms. The van der Waals surface area contributed by atoms with Crippen LogP contribution in [0.5, 0.6) is 0 Å². The van der Waals surface area contributed by atoms with Crippen LogP contribution in [0.3, 0.4) is 0 Å². The summed E-state index contributed by atoms with van der Waals surface area (Å²) in [6.45, 7) is 0.0985. The highest BCUT2D eigenvalue weighted by Gasteiger charge is 2.35. The zero-order chi connectivity index (χ0) is 13.6. The number of amides is 1. The Morgan fingerprint density at radius 1 is 1.37 bits per heavy atom. The van der Waals surface area contributed by atoms with Crippen LogP contribution in [-0.4, -0.2) is 38.5 Å². The minimum atomic E-state index is -0.994. The number of carbonyl (C=O) groups excluding carboxylic acids is 1. The highest BCUT2D eigenvalue weighted by Crippen LogP contribution is 2.24. The summed E-state index contributed by atoms with van der Waals surface area (Å²) < 4.78 is 0. The Hall–Kier alpha value is -2.64. The van der Waals surface area contributed by atoms with Gasteiger partial charge in [-0.3, -0.25) is 19.5 Å². The second kappa shape index (κ2) is 3.94. The molecule has 0 spiro atoms. The van der Waals surface area contributed by atoms with Gasteiger partial charge in [0.1, 0.15) is 5.82 Å². The topological polar surface area (TPSA) is 119 Å². The minimum absolute atomic E-state index is 0.0291. The van der Waals surface area contributed by atoms with Gasteiger partial charge in [0.15, 0.2) is 5.65 Å². The van der Waals surface area contributed by atoms with E-state index in [9.17, 15) is 14.4 Å². The van der Waals surface area contributed by atoms with Crippen molar-refractivity contribution in [1.82, 2.24) is 15.0 Å². The van der Waals surface area contributed by atoms with Gasteiger partial charge >= 0.3 is 11.7 Å². The van der Waals surface area contributed by atoms with Crippen molar-refractivity contribution in [3.63, 3.8) is 0 Å². The van der Waals surface area contributed by atoms with Crippen LogP contribution in [0, 0.1) is 5.92 Å². The van der Waals surface area contributed by atoms with Crippen molar-refractivity contribution in [2.75, 3.05) is 11.4 Å². The molecule has 1 saturated heterocycles. The average molecular weight is 262 g/mol. The number of carbonyl (C=O) groups is 2. The van der Waals surface area contributed by atoms with E-state index in [1.54, 1.807) is 12.1 Å². The lowest BCUT2D eigenvalue weighted by atomic mass is 10.1. The molecule has 2 aromatic rings. The molecule has 1 fully saturated rings. The standard InChI is InChI=1S/C11H10N4O4/c16-8-3-5(10(17)18)4-15(8)7-2-1-6-9(13-7)14-11(19)12-6/h1-2,5H,3-4H2,(H,17,18)(H2,12,13,14,19). The molecule has 3 N–H and O–H groups in total. The summed E-state index contributed by atoms with van der Waals surface area (Å²) in [5, 5.41) is 8.92. The number of aromatic amines is 2. The van der Waals surface area contributed by atoms with E-state index in [2.05, 4.69) is 15.0 Å². The Morgan fingerprint density at radius 3 is 2.84 bits per heavy atom. The third kappa shape index (κ3) is 1.86. The lowest BCUT2D eigenvalue weighted by Crippen LogP contribution is -2.26. The van der Waals surface area contributed by atoms with Gasteiger partial charge in [0.05, 0.1) is 11.4 Å². The Kier molecular flexibility index (Phi) is 2.37. The molecule has 0 bridgehead atoms. The summed E-state index contributed by atoms with van der Waals surface area (Å²) in [5.74, 6) is -1.64. The van der Waals surface area contributed by atoms with Crippen LogP contribution in [0.2, 0.25) is 0 Å². The second-order valence-corrected chi connectivity index (χ2v) is 4.39. The van der Waals surface area contributed by atoms with Crippen LogP contribution >= 0.6 is 0 Å². The number of rotatable bonds is 2. The van der Waals surface area contributed by atoms with Crippen LogP contribution in [0.25, 0.3) is 11.2 Å². The molecule has 2 aromatic heterocycles. The van der Waals surface area contributed by atoms with E-state index in [1.807, 2.05) is 0 Å². The molecule has 1 aliphatic rings. The van der Waals surface area contributed by atoms with Gasteiger partial charge < -0.3 is 10.1 Å². The number of nitrogens with one attached hydrogen (secondary N) is 2. The lowest BCUT2D eigenvalue weighted by molar-refractivity contribution is -0.141. The number of carboxylic acids is 1. The van der Waals surface area contributed by atoms with Gasteiger partial charge in [-0.1, -0.05) is 0 Å². The normalized spacial score (nSPS) is 19.3. The number of fused-ring (bicyclic) bond motifs is 1. The number of imidazole rings is 1. The summed E-state index contributed by atoms with van der Waals surface area (Å²) in [7, 11) is 0. The number of hydrogen-bond donors (Lipinski definition) is 3. The summed E-state index contributed by atoms with van der Waals surface area (Å²) in [4.78, 5) is 44.3. The first kappa shape index (κ1) is 11.5. The Labute approximate surface area is 106 Å². The van der Waals surface area contributed by atoms with E-state index in [0.29, 0.717) is 17.0 Å². The first-order valence-corrected chi connectivity index (χ1v) is 5.67. The van der Waals surface area contributed by atoms with Crippen molar-refractivity contribution in [3.8, 4) is 0 Å². The number of nitrogens with zero attached hydrogens (tertiary/aromatic N) is 2. The largest absolute Gasteiger partial charge is 0.481 e. The second-order valence-electron chi connectivity index (χ2n) is 4.39. The van der Waals surface area contributed by atoms with Crippen molar-refractivity contribution in [1.29, 1.82) is 0 Å². The quantitative estimate of drug-likeness (QED) is 0.685. The monoisotopic (exact) mass is 262 g/mol. The molecule has 0 aromatic carbocycles. The number of aromatic nitrogens is 3. The Balaban J connectivity index is 1.98. The number of aliphatic carboxylic acids is 1. The number of carboxylic acid groups (broad SMARTS) is 1. The summed E-state index contributed by atoms with van der Waals surface area (Å²) >= 11 is 0.